The summed E-state index contributed by atoms with van der Waals surface area (Å²) in [5, 5.41) is 9.66. The van der Waals surface area contributed by atoms with Gasteiger partial charge < -0.3 is 14.9 Å². The lowest BCUT2D eigenvalue weighted by Gasteiger charge is -2.36. The van der Waals surface area contributed by atoms with E-state index in [0.29, 0.717) is 31.7 Å². The van der Waals surface area contributed by atoms with E-state index >= 15 is 0 Å². The van der Waals surface area contributed by atoms with E-state index in [2.05, 4.69) is 4.90 Å². The van der Waals surface area contributed by atoms with Crippen LogP contribution in [0.3, 0.4) is 0 Å². The number of aromatic hydroxyl groups is 1. The number of carbonyl (C=O) groups is 1. The second-order valence-electron chi connectivity index (χ2n) is 6.89. The molecule has 1 aliphatic heterocycles. The predicted octanol–water partition coefficient (Wildman–Crippen LogP) is 4.16. The topological polar surface area (TPSA) is 43.8 Å². The van der Waals surface area contributed by atoms with E-state index in [-0.39, 0.29) is 17.5 Å². The molecule has 142 valence electrons. The first-order chi connectivity index (χ1) is 13.6. The summed E-state index contributed by atoms with van der Waals surface area (Å²) in [4.78, 5) is 16.9. The molecule has 0 aliphatic carbocycles. The van der Waals surface area contributed by atoms with Crippen molar-refractivity contribution >= 4 is 11.6 Å². The van der Waals surface area contributed by atoms with Crippen molar-refractivity contribution in [2.45, 2.75) is 0 Å². The highest BCUT2D eigenvalue weighted by molar-refractivity contribution is 5.95. The molecular weight excluding hydrogens is 355 g/mol. The van der Waals surface area contributed by atoms with Gasteiger partial charge in [0.25, 0.3) is 5.91 Å². The normalized spacial score (nSPS) is 14.2. The first-order valence-electron chi connectivity index (χ1n) is 9.29. The molecule has 1 heterocycles. The summed E-state index contributed by atoms with van der Waals surface area (Å²) in [6.45, 7) is 2.63. The fraction of sp³-hybridized carbons (Fsp3) is 0.174. The second-order valence-corrected chi connectivity index (χ2v) is 6.89. The summed E-state index contributed by atoms with van der Waals surface area (Å²) in [7, 11) is 0. The molecule has 0 spiro atoms. The van der Waals surface area contributed by atoms with Crippen molar-refractivity contribution in [2.24, 2.45) is 0 Å². The maximum atomic E-state index is 13.5. The van der Waals surface area contributed by atoms with Gasteiger partial charge in [-0.3, -0.25) is 4.79 Å². The Morgan fingerprint density at radius 3 is 2.21 bits per heavy atom. The molecular formula is C23H21FN2O2. The number of hydrogen-bond acceptors (Lipinski definition) is 3. The molecule has 1 aliphatic rings. The molecule has 3 aromatic rings. The average Bonchev–Trinajstić information content (AvgIpc) is 2.73. The summed E-state index contributed by atoms with van der Waals surface area (Å²) in [6, 6.07) is 20.9. The van der Waals surface area contributed by atoms with Crippen LogP contribution in [-0.4, -0.2) is 42.1 Å². The lowest BCUT2D eigenvalue weighted by Crippen LogP contribution is -2.48. The standard InChI is InChI=1S/C23H21FN2O2/c24-20-7-2-5-18(15-20)17-4-1-6-19(14-17)23(28)26-12-10-25(11-13-26)21-8-3-9-22(27)16-21/h1-9,14-16,27H,10-13H2. The number of phenolic OH excluding ortho intramolecular Hbond substituents is 1. The van der Waals surface area contributed by atoms with Gasteiger partial charge in [0, 0.05) is 43.5 Å². The van der Waals surface area contributed by atoms with E-state index in [0.717, 1.165) is 16.8 Å². The van der Waals surface area contributed by atoms with Gasteiger partial charge in [-0.2, -0.15) is 0 Å². The molecule has 0 aromatic heterocycles. The SMILES string of the molecule is O=C(c1cccc(-c2cccc(F)c2)c1)N1CCN(c2cccc(O)c2)CC1. The Kier molecular flexibility index (Phi) is 4.98. The van der Waals surface area contributed by atoms with Gasteiger partial charge in [0.1, 0.15) is 11.6 Å². The molecule has 0 unspecified atom stereocenters. The molecule has 1 fully saturated rings. The van der Waals surface area contributed by atoms with Crippen LogP contribution < -0.4 is 4.90 Å². The van der Waals surface area contributed by atoms with Crippen molar-refractivity contribution in [3.8, 4) is 16.9 Å². The number of phenols is 1. The van der Waals surface area contributed by atoms with E-state index in [1.165, 1.54) is 12.1 Å². The Balaban J connectivity index is 1.46. The summed E-state index contributed by atoms with van der Waals surface area (Å²) < 4.78 is 13.5. The fourth-order valence-corrected chi connectivity index (χ4v) is 3.54. The van der Waals surface area contributed by atoms with Gasteiger partial charge in [-0.25, -0.2) is 4.39 Å². The average molecular weight is 376 g/mol. The Morgan fingerprint density at radius 1 is 0.821 bits per heavy atom. The van der Waals surface area contributed by atoms with Gasteiger partial charge >= 0.3 is 0 Å². The van der Waals surface area contributed by atoms with Crippen molar-refractivity contribution < 1.29 is 14.3 Å². The number of carbonyl (C=O) groups excluding carboxylic acids is 1. The van der Waals surface area contributed by atoms with E-state index < -0.39 is 0 Å². The highest BCUT2D eigenvalue weighted by atomic mass is 19.1. The number of halogens is 1. The first kappa shape index (κ1) is 18.0. The summed E-state index contributed by atoms with van der Waals surface area (Å²) >= 11 is 0. The quantitative estimate of drug-likeness (QED) is 0.746. The zero-order valence-corrected chi connectivity index (χ0v) is 15.4. The number of piperazine rings is 1. The van der Waals surface area contributed by atoms with Crippen molar-refractivity contribution in [2.75, 3.05) is 31.1 Å². The Labute approximate surface area is 163 Å². The lowest BCUT2D eigenvalue weighted by atomic mass is 10.0. The molecule has 4 rings (SSSR count). The summed E-state index contributed by atoms with van der Waals surface area (Å²) in [6.07, 6.45) is 0. The van der Waals surface area contributed by atoms with Gasteiger partial charge in [0.15, 0.2) is 0 Å². The fourth-order valence-electron chi connectivity index (χ4n) is 3.54. The molecule has 0 atom stereocenters. The molecule has 3 aromatic carbocycles. The highest BCUT2D eigenvalue weighted by Gasteiger charge is 2.22. The molecule has 0 radical (unpaired) electrons. The van der Waals surface area contributed by atoms with Crippen LogP contribution in [-0.2, 0) is 0 Å². The maximum absolute atomic E-state index is 13.5. The van der Waals surface area contributed by atoms with E-state index in [4.69, 9.17) is 0 Å². The summed E-state index contributed by atoms with van der Waals surface area (Å²) in [5.74, 6) is -0.0729. The molecule has 28 heavy (non-hydrogen) atoms. The minimum absolute atomic E-state index is 0.0196. The molecule has 0 bridgehead atoms. The Hall–Kier alpha value is -3.34. The highest BCUT2D eigenvalue weighted by Crippen LogP contribution is 2.24. The molecule has 5 heteroatoms. The number of benzene rings is 3. The third-order valence-electron chi connectivity index (χ3n) is 5.03. The number of hydrogen-bond donors (Lipinski definition) is 1. The second kappa shape index (κ2) is 7.72. The van der Waals surface area contributed by atoms with Crippen molar-refractivity contribution in [3.05, 3.63) is 84.2 Å². The van der Waals surface area contributed by atoms with Crippen LogP contribution in [0, 0.1) is 5.82 Å². The van der Waals surface area contributed by atoms with Gasteiger partial charge in [-0.15, -0.1) is 0 Å². The largest absolute Gasteiger partial charge is 0.508 e. The van der Waals surface area contributed by atoms with Crippen molar-refractivity contribution in [1.29, 1.82) is 0 Å². The Bertz CT molecular complexity index is 997. The van der Waals surface area contributed by atoms with Crippen LogP contribution in [0.25, 0.3) is 11.1 Å². The van der Waals surface area contributed by atoms with E-state index in [1.807, 2.05) is 41.3 Å². The van der Waals surface area contributed by atoms with Crippen LogP contribution in [0.4, 0.5) is 10.1 Å². The van der Waals surface area contributed by atoms with Gasteiger partial charge in [-0.1, -0.05) is 30.3 Å². The third-order valence-corrected chi connectivity index (χ3v) is 5.03. The van der Waals surface area contributed by atoms with Crippen molar-refractivity contribution in [3.63, 3.8) is 0 Å². The minimum Gasteiger partial charge on any atom is -0.508 e. The number of amides is 1. The van der Waals surface area contributed by atoms with Crippen LogP contribution in [0.5, 0.6) is 5.75 Å². The monoisotopic (exact) mass is 376 g/mol. The zero-order chi connectivity index (χ0) is 19.5. The number of nitrogens with zero attached hydrogens (tertiary/aromatic N) is 2. The smallest absolute Gasteiger partial charge is 0.253 e. The predicted molar refractivity (Wildman–Crippen MR) is 108 cm³/mol. The molecule has 0 saturated carbocycles. The van der Waals surface area contributed by atoms with E-state index in [1.54, 1.807) is 24.3 Å². The Morgan fingerprint density at radius 2 is 1.50 bits per heavy atom. The van der Waals surface area contributed by atoms with Gasteiger partial charge in [0.2, 0.25) is 0 Å². The first-order valence-corrected chi connectivity index (χ1v) is 9.29. The van der Waals surface area contributed by atoms with Crippen LogP contribution in [0.1, 0.15) is 10.4 Å². The van der Waals surface area contributed by atoms with Crippen LogP contribution in [0.15, 0.2) is 72.8 Å². The van der Waals surface area contributed by atoms with Gasteiger partial charge in [-0.05, 0) is 47.5 Å². The molecule has 1 amide bonds. The van der Waals surface area contributed by atoms with Gasteiger partial charge in [0.05, 0.1) is 0 Å². The number of anilines is 1. The lowest BCUT2D eigenvalue weighted by molar-refractivity contribution is 0.0747. The molecule has 1 N–H and O–H groups in total. The summed E-state index contributed by atoms with van der Waals surface area (Å²) in [5.41, 5.74) is 3.14. The van der Waals surface area contributed by atoms with Crippen LogP contribution >= 0.6 is 0 Å². The third kappa shape index (κ3) is 3.83. The van der Waals surface area contributed by atoms with Crippen molar-refractivity contribution in [1.82, 2.24) is 4.90 Å². The van der Waals surface area contributed by atoms with E-state index in [9.17, 15) is 14.3 Å². The maximum Gasteiger partial charge on any atom is 0.253 e. The zero-order valence-electron chi connectivity index (χ0n) is 15.4. The molecule has 1 saturated heterocycles. The number of rotatable bonds is 3. The van der Waals surface area contributed by atoms with Crippen LogP contribution in [0.2, 0.25) is 0 Å². The minimum atomic E-state index is -0.294. The molecule has 4 nitrogen and oxygen atoms in total.